The van der Waals surface area contributed by atoms with Crippen LogP contribution in [0.1, 0.15) is 5.82 Å². The number of hydrogen-bond donors (Lipinski definition) is 3. The van der Waals surface area contributed by atoms with Crippen molar-refractivity contribution in [3.63, 3.8) is 0 Å². The molecule has 0 fully saturated rings. The highest BCUT2D eigenvalue weighted by molar-refractivity contribution is 5.68. The molecule has 0 aliphatic heterocycles. The summed E-state index contributed by atoms with van der Waals surface area (Å²) in [5.41, 5.74) is -0.527. The topological polar surface area (TPSA) is 104 Å². The number of aromatic amines is 3. The Kier molecular flexibility index (Phi) is 3.08. The minimum absolute atomic E-state index is 0.258. The second-order valence-corrected chi connectivity index (χ2v) is 4.23. The lowest BCUT2D eigenvalue weighted by atomic mass is 10.3. The molecule has 0 radical (unpaired) electrons. The lowest BCUT2D eigenvalue weighted by Crippen LogP contribution is -2.21. The third-order valence-electron chi connectivity index (χ3n) is 2.79. The first kappa shape index (κ1) is 12.2. The third kappa shape index (κ3) is 2.46. The van der Waals surface area contributed by atoms with Crippen LogP contribution in [-0.2, 0) is 6.42 Å². The van der Waals surface area contributed by atoms with Gasteiger partial charge in [-0.05, 0) is 12.1 Å². The standard InChI is InChI=1S/C13H12N4O3/c18-12-10-11(16-13(19)17-12)15-9(14-10)6-7-20-8-4-2-1-3-5-8/h1-5H,6-7H2,(H3,14,15,16,17,18,19). The summed E-state index contributed by atoms with van der Waals surface area (Å²) in [7, 11) is 0. The molecule has 2 aromatic heterocycles. The summed E-state index contributed by atoms with van der Waals surface area (Å²) in [6.45, 7) is 0.423. The number of imidazole rings is 1. The lowest BCUT2D eigenvalue weighted by Gasteiger charge is -2.03. The molecule has 0 spiro atoms. The Morgan fingerprint density at radius 3 is 2.65 bits per heavy atom. The molecule has 3 N–H and O–H groups in total. The normalized spacial score (nSPS) is 10.8. The van der Waals surface area contributed by atoms with Crippen molar-refractivity contribution >= 4 is 11.2 Å². The second-order valence-electron chi connectivity index (χ2n) is 4.23. The van der Waals surface area contributed by atoms with Crippen LogP contribution in [0.15, 0.2) is 39.9 Å². The SMILES string of the molecule is O=c1[nH]c(=O)c2[nH]c(CCOc3ccccc3)nc2[nH]1. The largest absolute Gasteiger partial charge is 0.493 e. The summed E-state index contributed by atoms with van der Waals surface area (Å²) in [6, 6.07) is 9.41. The highest BCUT2D eigenvalue weighted by Gasteiger charge is 2.07. The molecule has 3 rings (SSSR count). The number of rotatable bonds is 4. The number of H-pyrrole nitrogens is 3. The van der Waals surface area contributed by atoms with Crippen LogP contribution >= 0.6 is 0 Å². The van der Waals surface area contributed by atoms with Gasteiger partial charge < -0.3 is 9.72 Å². The van der Waals surface area contributed by atoms with E-state index in [0.717, 1.165) is 5.75 Å². The Hall–Kier alpha value is -2.83. The Bertz CT molecular complexity index is 832. The molecule has 0 aliphatic rings. The highest BCUT2D eigenvalue weighted by Crippen LogP contribution is 2.09. The van der Waals surface area contributed by atoms with E-state index in [0.29, 0.717) is 18.9 Å². The summed E-state index contributed by atoms with van der Waals surface area (Å²) in [5, 5.41) is 0. The summed E-state index contributed by atoms with van der Waals surface area (Å²) < 4.78 is 5.54. The molecule has 7 heteroatoms. The van der Waals surface area contributed by atoms with E-state index >= 15 is 0 Å². The molecule has 0 atom stereocenters. The van der Waals surface area contributed by atoms with E-state index in [2.05, 4.69) is 19.9 Å². The van der Waals surface area contributed by atoms with E-state index in [1.165, 1.54) is 0 Å². The molecule has 0 unspecified atom stereocenters. The first-order valence-corrected chi connectivity index (χ1v) is 6.11. The number of ether oxygens (including phenoxy) is 1. The molecule has 20 heavy (non-hydrogen) atoms. The number of aromatic nitrogens is 4. The maximum Gasteiger partial charge on any atom is 0.327 e. The minimum Gasteiger partial charge on any atom is -0.493 e. The van der Waals surface area contributed by atoms with Crippen LogP contribution in [0.2, 0.25) is 0 Å². The molecule has 2 heterocycles. The van der Waals surface area contributed by atoms with Crippen LogP contribution in [-0.4, -0.2) is 26.5 Å². The van der Waals surface area contributed by atoms with Crippen LogP contribution in [0.4, 0.5) is 0 Å². The number of fused-ring (bicyclic) bond motifs is 1. The molecule has 0 saturated heterocycles. The summed E-state index contributed by atoms with van der Waals surface area (Å²) in [4.78, 5) is 34.3. The molecule has 3 aromatic rings. The number of nitrogens with zero attached hydrogens (tertiary/aromatic N) is 1. The molecular weight excluding hydrogens is 260 g/mol. The monoisotopic (exact) mass is 272 g/mol. The van der Waals surface area contributed by atoms with Gasteiger partial charge in [0.05, 0.1) is 6.61 Å². The van der Waals surface area contributed by atoms with Crippen molar-refractivity contribution in [3.8, 4) is 5.75 Å². The predicted molar refractivity (Wildman–Crippen MR) is 73.0 cm³/mol. The minimum atomic E-state index is -0.568. The van der Waals surface area contributed by atoms with Crippen molar-refractivity contribution in [1.29, 1.82) is 0 Å². The smallest absolute Gasteiger partial charge is 0.327 e. The molecule has 1 aromatic carbocycles. The van der Waals surface area contributed by atoms with E-state index in [-0.39, 0.29) is 11.2 Å². The van der Waals surface area contributed by atoms with Crippen LogP contribution < -0.4 is 16.0 Å². The molecule has 0 amide bonds. The van der Waals surface area contributed by atoms with Gasteiger partial charge in [0, 0.05) is 6.42 Å². The Morgan fingerprint density at radius 2 is 1.85 bits per heavy atom. The molecule has 0 bridgehead atoms. The van der Waals surface area contributed by atoms with Crippen molar-refractivity contribution in [1.82, 2.24) is 19.9 Å². The zero-order valence-electron chi connectivity index (χ0n) is 10.5. The maximum absolute atomic E-state index is 11.5. The zero-order valence-corrected chi connectivity index (χ0v) is 10.5. The van der Waals surface area contributed by atoms with Gasteiger partial charge in [0.2, 0.25) is 0 Å². The Morgan fingerprint density at radius 1 is 1.05 bits per heavy atom. The highest BCUT2D eigenvalue weighted by atomic mass is 16.5. The van der Waals surface area contributed by atoms with Crippen molar-refractivity contribution in [2.75, 3.05) is 6.61 Å². The van der Waals surface area contributed by atoms with Crippen molar-refractivity contribution in [3.05, 3.63) is 57.0 Å². The van der Waals surface area contributed by atoms with Crippen molar-refractivity contribution in [2.24, 2.45) is 0 Å². The predicted octanol–water partition coefficient (Wildman–Crippen LogP) is 0.561. The van der Waals surface area contributed by atoms with Gasteiger partial charge in [0.15, 0.2) is 5.65 Å². The second kappa shape index (κ2) is 5.04. The number of para-hydroxylation sites is 1. The van der Waals surface area contributed by atoms with E-state index in [1.807, 2.05) is 30.3 Å². The van der Waals surface area contributed by atoms with Crippen LogP contribution in [0.5, 0.6) is 5.75 Å². The van der Waals surface area contributed by atoms with Gasteiger partial charge in [-0.15, -0.1) is 0 Å². The fraction of sp³-hybridized carbons (Fsp3) is 0.154. The van der Waals surface area contributed by atoms with E-state index in [4.69, 9.17) is 4.74 Å². The van der Waals surface area contributed by atoms with Crippen LogP contribution in [0, 0.1) is 0 Å². The van der Waals surface area contributed by atoms with E-state index in [1.54, 1.807) is 0 Å². The zero-order chi connectivity index (χ0) is 13.9. The van der Waals surface area contributed by atoms with Gasteiger partial charge in [0.1, 0.15) is 17.1 Å². The molecule has 7 nitrogen and oxygen atoms in total. The number of benzene rings is 1. The van der Waals surface area contributed by atoms with Crippen LogP contribution in [0.3, 0.4) is 0 Å². The fourth-order valence-corrected chi connectivity index (χ4v) is 1.88. The number of nitrogens with one attached hydrogen (secondary N) is 3. The van der Waals surface area contributed by atoms with Gasteiger partial charge in [-0.25, -0.2) is 9.78 Å². The molecule has 0 saturated carbocycles. The van der Waals surface area contributed by atoms with Gasteiger partial charge in [-0.1, -0.05) is 18.2 Å². The third-order valence-corrected chi connectivity index (χ3v) is 2.79. The van der Waals surface area contributed by atoms with Gasteiger partial charge in [-0.2, -0.15) is 0 Å². The number of hydrogen-bond acceptors (Lipinski definition) is 4. The summed E-state index contributed by atoms with van der Waals surface area (Å²) in [6.07, 6.45) is 0.505. The van der Waals surface area contributed by atoms with Gasteiger partial charge in [-0.3, -0.25) is 14.8 Å². The van der Waals surface area contributed by atoms with Crippen molar-refractivity contribution < 1.29 is 4.74 Å². The fourth-order valence-electron chi connectivity index (χ4n) is 1.88. The Balaban J connectivity index is 1.74. The lowest BCUT2D eigenvalue weighted by molar-refractivity contribution is 0.319. The Labute approximate surface area is 112 Å². The average Bonchev–Trinajstić information content (AvgIpc) is 2.83. The van der Waals surface area contributed by atoms with E-state index < -0.39 is 11.2 Å². The maximum atomic E-state index is 11.5. The summed E-state index contributed by atoms with van der Waals surface area (Å²) in [5.74, 6) is 1.36. The van der Waals surface area contributed by atoms with E-state index in [9.17, 15) is 9.59 Å². The first-order valence-electron chi connectivity index (χ1n) is 6.11. The molecule has 102 valence electrons. The average molecular weight is 272 g/mol. The quantitative estimate of drug-likeness (QED) is 0.645. The van der Waals surface area contributed by atoms with Gasteiger partial charge >= 0.3 is 5.69 Å². The van der Waals surface area contributed by atoms with Crippen molar-refractivity contribution in [2.45, 2.75) is 6.42 Å². The van der Waals surface area contributed by atoms with Crippen LogP contribution in [0.25, 0.3) is 11.2 Å². The van der Waals surface area contributed by atoms with Gasteiger partial charge in [0.25, 0.3) is 5.56 Å². The molecular formula is C13H12N4O3. The molecule has 0 aliphatic carbocycles. The first-order chi connectivity index (χ1) is 9.72. The summed E-state index contributed by atoms with van der Waals surface area (Å²) >= 11 is 0.